The zero-order valence-electron chi connectivity index (χ0n) is 43.0. The molecule has 0 N–H and O–H groups in total. The van der Waals surface area contributed by atoms with Crippen LogP contribution in [0.3, 0.4) is 0 Å². The van der Waals surface area contributed by atoms with Crippen molar-refractivity contribution < 1.29 is 30.4 Å². The van der Waals surface area contributed by atoms with Gasteiger partial charge in [-0.1, -0.05) is 184 Å². The maximum Gasteiger partial charge on any atom is 0.268 e. The summed E-state index contributed by atoms with van der Waals surface area (Å²) in [6.45, 7) is 6.69. The van der Waals surface area contributed by atoms with Gasteiger partial charge in [-0.3, -0.25) is 4.57 Å². The van der Waals surface area contributed by atoms with Crippen LogP contribution < -0.4 is 9.30 Å². The fraction of sp³-hybridized carbons (Fsp3) is 0.0833. The Bertz CT molecular complexity index is 4580. The second kappa shape index (κ2) is 17.6. The molecule has 4 aliphatic rings. The molecule has 4 heterocycles. The van der Waals surface area contributed by atoms with E-state index in [2.05, 4.69) is 253 Å². The third kappa shape index (κ3) is 6.90. The first kappa shape index (κ1) is 46.4. The van der Waals surface area contributed by atoms with Gasteiger partial charge in [0, 0.05) is 56.1 Å². The number of pyridine rings is 1. The molecule has 0 saturated carbocycles. The van der Waals surface area contributed by atoms with E-state index in [4.69, 9.17) is 9.72 Å². The standard InChI is InChI=1S/C72H48N4O.Pt/c1-72(2,3)45-37-38-73-67(40-45)76-64-31-13-10-21-52(64)53-36-34-48(42-66(53)76)77-47-18-14-17-46(41-47)74-43-75-63-30-12-11-26-61(63)68-49(27-15-28-54(68)50-19-4-5-20-51(50)60-29-16-32-65(74)71(60)75)44-33-35-59-62(39-44)70-57-24-8-6-22-55(57)69(59)56-23-7-9-25-58(56)70;/h4-40,69-70H,1-3H3;/q-2;. The van der Waals surface area contributed by atoms with Gasteiger partial charge in [-0.25, -0.2) is 4.98 Å². The van der Waals surface area contributed by atoms with Gasteiger partial charge in [0.1, 0.15) is 5.82 Å². The van der Waals surface area contributed by atoms with Crippen LogP contribution in [0.4, 0.5) is 0 Å². The summed E-state index contributed by atoms with van der Waals surface area (Å²) in [5, 5.41) is 2.22. The molecule has 0 spiro atoms. The number of para-hydroxylation sites is 3. The van der Waals surface area contributed by atoms with Crippen LogP contribution in [0.25, 0.3) is 94.5 Å². The van der Waals surface area contributed by atoms with E-state index in [1.54, 1.807) is 0 Å². The number of imidazole rings is 1. The Hall–Kier alpha value is -8.89. The zero-order valence-corrected chi connectivity index (χ0v) is 45.3. The molecule has 0 unspecified atom stereocenters. The molecule has 5 nitrogen and oxygen atoms in total. The number of benzene rings is 10. The van der Waals surface area contributed by atoms with Crippen LogP contribution in [0.15, 0.2) is 225 Å². The molecule has 0 radical (unpaired) electrons. The van der Waals surface area contributed by atoms with Crippen molar-refractivity contribution in [2.75, 3.05) is 0 Å². The predicted molar refractivity (Wildman–Crippen MR) is 309 cm³/mol. The van der Waals surface area contributed by atoms with Crippen LogP contribution in [0.1, 0.15) is 71.6 Å². The maximum absolute atomic E-state index is 6.75. The summed E-state index contributed by atoms with van der Waals surface area (Å²) in [4.78, 5) is 4.89. The van der Waals surface area contributed by atoms with Crippen molar-refractivity contribution in [1.82, 2.24) is 14.1 Å². The van der Waals surface area contributed by atoms with Crippen molar-refractivity contribution in [1.29, 1.82) is 0 Å². The SMILES string of the molecule is CC(C)(C)c1ccnc(-n2c3[c-]c(Oc4[c-]c(-n5[c-][n+]6c7c(cccc75)-c5ccccc5-c5cccc(-c7ccc8c(c7)C7c9ccccc9C8c8ccccc87)c5-c5ccccc5-6)ccc4)ccc3c3ccccc32)c1.[Pt]. The number of fused-ring (bicyclic) bond motifs is 10. The minimum Gasteiger partial charge on any atom is -0.510 e. The number of aromatic nitrogens is 4. The molecular weight excluding hydrogens is 1130 g/mol. The summed E-state index contributed by atoms with van der Waals surface area (Å²) in [5.74, 6) is 2.39. The molecule has 6 heteroatoms. The van der Waals surface area contributed by atoms with Crippen LogP contribution in [0, 0.1) is 18.5 Å². The third-order valence-corrected chi connectivity index (χ3v) is 16.5. The second-order valence-corrected chi connectivity index (χ2v) is 21.8. The first-order chi connectivity index (χ1) is 37.8. The van der Waals surface area contributed by atoms with Gasteiger partial charge in [0.25, 0.3) is 6.33 Å². The first-order valence-electron chi connectivity index (χ1n) is 26.6. The topological polar surface area (TPSA) is 35.9 Å². The fourth-order valence-electron chi connectivity index (χ4n) is 13.1. The van der Waals surface area contributed by atoms with E-state index in [9.17, 15) is 0 Å². The molecule has 0 saturated heterocycles. The number of hydrogen-bond donors (Lipinski definition) is 0. The Morgan fingerprint density at radius 1 is 0.487 bits per heavy atom. The number of hydrogen-bond acceptors (Lipinski definition) is 2. The average Bonchev–Trinajstić information content (AvgIpc) is 4.01. The molecule has 3 aliphatic carbocycles. The summed E-state index contributed by atoms with van der Waals surface area (Å²) < 4.78 is 13.4. The van der Waals surface area contributed by atoms with Crippen LogP contribution in [0.5, 0.6) is 11.5 Å². The van der Waals surface area contributed by atoms with Gasteiger partial charge in [0.15, 0.2) is 0 Å². The maximum atomic E-state index is 6.75. The van der Waals surface area contributed by atoms with E-state index >= 15 is 0 Å². The van der Waals surface area contributed by atoms with Gasteiger partial charge >= 0.3 is 0 Å². The molecule has 0 fully saturated rings. The molecule has 1 aliphatic heterocycles. The van der Waals surface area contributed by atoms with Crippen LogP contribution in [-0.2, 0) is 26.5 Å². The van der Waals surface area contributed by atoms with E-state index in [0.717, 1.165) is 66.7 Å². The molecule has 0 amide bonds. The minimum absolute atomic E-state index is 0. The van der Waals surface area contributed by atoms with Crippen LogP contribution in [-0.4, -0.2) is 14.1 Å². The molecule has 0 atom stereocenters. The minimum atomic E-state index is -0.0391. The second-order valence-electron chi connectivity index (χ2n) is 21.8. The van der Waals surface area contributed by atoms with Gasteiger partial charge in [-0.15, -0.1) is 29.7 Å². The molecular formula is C72H48N4OPt-2. The van der Waals surface area contributed by atoms with E-state index in [0.29, 0.717) is 11.5 Å². The first-order valence-corrected chi connectivity index (χ1v) is 26.6. The summed E-state index contributed by atoms with van der Waals surface area (Å²) in [6.07, 6.45) is 5.80. The Balaban J connectivity index is 0.00000529. The smallest absolute Gasteiger partial charge is 0.268 e. The van der Waals surface area contributed by atoms with E-state index in [1.807, 2.05) is 24.4 Å². The predicted octanol–water partition coefficient (Wildman–Crippen LogP) is 16.9. The average molecular weight is 1180 g/mol. The normalized spacial score (nSPS) is 14.5. The largest absolute Gasteiger partial charge is 0.510 e. The molecule has 13 aromatic rings. The van der Waals surface area contributed by atoms with Crippen molar-refractivity contribution in [3.8, 4) is 73.2 Å². The summed E-state index contributed by atoms with van der Waals surface area (Å²) >= 11 is 0. The van der Waals surface area contributed by atoms with E-state index in [1.165, 1.54) is 66.8 Å². The molecule has 3 aromatic heterocycles. The van der Waals surface area contributed by atoms with Gasteiger partial charge in [0.05, 0.1) is 16.7 Å². The number of ether oxygens (including phenoxy) is 1. The zero-order chi connectivity index (χ0) is 51.1. The molecule has 2 bridgehead atoms. The fourth-order valence-corrected chi connectivity index (χ4v) is 13.1. The Morgan fingerprint density at radius 3 is 1.87 bits per heavy atom. The van der Waals surface area contributed by atoms with Gasteiger partial charge in [-0.2, -0.15) is 18.2 Å². The van der Waals surface area contributed by atoms with Crippen molar-refractivity contribution in [2.45, 2.75) is 38.0 Å². The van der Waals surface area contributed by atoms with Gasteiger partial charge in [0.2, 0.25) is 0 Å². The van der Waals surface area contributed by atoms with E-state index in [-0.39, 0.29) is 38.3 Å². The number of rotatable bonds is 5. The Kier molecular flexibility index (Phi) is 10.5. The Morgan fingerprint density at radius 2 is 1.09 bits per heavy atom. The Labute approximate surface area is 467 Å². The summed E-state index contributed by atoms with van der Waals surface area (Å²) in [7, 11) is 0. The van der Waals surface area contributed by atoms with Crippen molar-refractivity contribution in [3.63, 3.8) is 0 Å². The van der Waals surface area contributed by atoms with E-state index < -0.39 is 0 Å². The summed E-state index contributed by atoms with van der Waals surface area (Å²) in [6, 6.07) is 87.0. The van der Waals surface area contributed by atoms with Crippen molar-refractivity contribution in [2.24, 2.45) is 0 Å². The third-order valence-electron chi connectivity index (χ3n) is 16.5. The van der Waals surface area contributed by atoms with Crippen LogP contribution >= 0.6 is 0 Å². The molecule has 78 heavy (non-hydrogen) atoms. The monoisotopic (exact) mass is 1180 g/mol. The van der Waals surface area contributed by atoms with Gasteiger partial charge in [-0.05, 0) is 130 Å². The summed E-state index contributed by atoms with van der Waals surface area (Å²) in [5.41, 5.74) is 24.9. The number of nitrogens with zero attached hydrogens (tertiary/aromatic N) is 4. The van der Waals surface area contributed by atoms with Gasteiger partial charge < -0.3 is 13.9 Å². The van der Waals surface area contributed by atoms with Crippen molar-refractivity contribution in [3.05, 3.63) is 282 Å². The van der Waals surface area contributed by atoms with Crippen molar-refractivity contribution >= 4 is 32.8 Å². The van der Waals surface area contributed by atoms with Crippen LogP contribution in [0.2, 0.25) is 0 Å². The molecule has 374 valence electrons. The molecule has 10 aromatic carbocycles. The quantitative estimate of drug-likeness (QED) is 0.127. The molecule has 17 rings (SSSR count).